The molecule has 1 fully saturated rings. The Morgan fingerprint density at radius 1 is 0.882 bits per heavy atom. The van der Waals surface area contributed by atoms with Crippen molar-refractivity contribution in [1.82, 2.24) is 0 Å². The van der Waals surface area contributed by atoms with Gasteiger partial charge in [-0.25, -0.2) is 0 Å². The fourth-order valence-corrected chi connectivity index (χ4v) is 3.34. The van der Waals surface area contributed by atoms with Gasteiger partial charge < -0.3 is 5.73 Å². The summed E-state index contributed by atoms with van der Waals surface area (Å²) in [4.78, 5) is 0. The molecule has 1 nitrogen and oxygen atoms in total. The highest BCUT2D eigenvalue weighted by atomic mass is 35.5. The van der Waals surface area contributed by atoms with Gasteiger partial charge in [0.25, 0.3) is 0 Å². The molecule has 0 aliphatic heterocycles. The summed E-state index contributed by atoms with van der Waals surface area (Å²) >= 11 is 0. The summed E-state index contributed by atoms with van der Waals surface area (Å²) in [5.74, 6) is 0. The molecule has 3 rings (SSSR count). The van der Waals surface area contributed by atoms with Crippen LogP contribution in [0.1, 0.15) is 55.2 Å². The predicted molar refractivity (Wildman–Crippen MR) is 74.7 cm³/mol. The number of aryl methyl sites for hydroxylation is 2. The van der Waals surface area contributed by atoms with Gasteiger partial charge in [0.2, 0.25) is 0 Å². The third-order valence-corrected chi connectivity index (χ3v) is 4.42. The molecule has 0 saturated heterocycles. The van der Waals surface area contributed by atoms with Gasteiger partial charge in [0, 0.05) is 5.54 Å². The van der Waals surface area contributed by atoms with E-state index in [4.69, 9.17) is 5.73 Å². The number of rotatable bonds is 1. The summed E-state index contributed by atoms with van der Waals surface area (Å²) in [6, 6.07) is 7.02. The van der Waals surface area contributed by atoms with Gasteiger partial charge in [0.1, 0.15) is 0 Å². The minimum Gasteiger partial charge on any atom is -0.321 e. The Balaban J connectivity index is 0.00000108. The summed E-state index contributed by atoms with van der Waals surface area (Å²) < 4.78 is 0. The summed E-state index contributed by atoms with van der Waals surface area (Å²) in [5.41, 5.74) is 11.0. The second kappa shape index (κ2) is 4.99. The van der Waals surface area contributed by atoms with Crippen molar-refractivity contribution >= 4 is 12.4 Å². The Labute approximate surface area is 110 Å². The average Bonchev–Trinajstić information content (AvgIpc) is 2.77. The summed E-state index contributed by atoms with van der Waals surface area (Å²) in [6.07, 6.45) is 10.2. The number of nitrogens with two attached hydrogens (primary N) is 1. The lowest BCUT2D eigenvalue weighted by Gasteiger charge is -2.26. The molecule has 0 unspecified atom stereocenters. The second-order valence-corrected chi connectivity index (χ2v) is 5.55. The Kier molecular flexibility index (Phi) is 3.79. The molecule has 0 amide bonds. The van der Waals surface area contributed by atoms with Crippen molar-refractivity contribution in [3.05, 3.63) is 34.9 Å². The van der Waals surface area contributed by atoms with Crippen molar-refractivity contribution in [2.45, 2.75) is 56.9 Å². The summed E-state index contributed by atoms with van der Waals surface area (Å²) in [6.45, 7) is 0. The van der Waals surface area contributed by atoms with E-state index in [0.717, 1.165) is 0 Å². The van der Waals surface area contributed by atoms with E-state index in [2.05, 4.69) is 18.2 Å². The van der Waals surface area contributed by atoms with Gasteiger partial charge in [-0.15, -0.1) is 12.4 Å². The van der Waals surface area contributed by atoms with E-state index in [0.29, 0.717) is 0 Å². The first kappa shape index (κ1) is 12.9. The Hall–Kier alpha value is -0.530. The third kappa shape index (κ3) is 2.36. The van der Waals surface area contributed by atoms with Gasteiger partial charge >= 0.3 is 0 Å². The molecule has 1 saturated carbocycles. The molecule has 0 radical (unpaired) electrons. The molecule has 17 heavy (non-hydrogen) atoms. The normalized spacial score (nSPS) is 21.7. The van der Waals surface area contributed by atoms with Crippen molar-refractivity contribution in [2.75, 3.05) is 0 Å². The molecule has 1 aromatic rings. The SMILES string of the molecule is Cl.NC1(c2ccc3c(c2)CCCC3)CCCC1. The smallest absolute Gasteiger partial charge is 0.0409 e. The van der Waals surface area contributed by atoms with E-state index < -0.39 is 0 Å². The lowest BCUT2D eigenvalue weighted by Crippen LogP contribution is -2.33. The quantitative estimate of drug-likeness (QED) is 0.809. The molecule has 2 aliphatic carbocycles. The number of hydrogen-bond acceptors (Lipinski definition) is 1. The predicted octanol–water partition coefficient (Wildman–Crippen LogP) is 3.72. The van der Waals surface area contributed by atoms with Gasteiger partial charge in [-0.1, -0.05) is 31.0 Å². The molecule has 0 spiro atoms. The van der Waals surface area contributed by atoms with Crippen LogP contribution in [0.25, 0.3) is 0 Å². The van der Waals surface area contributed by atoms with Gasteiger partial charge in [-0.3, -0.25) is 0 Å². The van der Waals surface area contributed by atoms with E-state index >= 15 is 0 Å². The lowest BCUT2D eigenvalue weighted by atomic mass is 9.84. The Morgan fingerprint density at radius 3 is 2.24 bits per heavy atom. The van der Waals surface area contributed by atoms with Gasteiger partial charge in [-0.05, 0) is 55.2 Å². The topological polar surface area (TPSA) is 26.0 Å². The zero-order valence-electron chi connectivity index (χ0n) is 10.4. The van der Waals surface area contributed by atoms with Crippen LogP contribution >= 0.6 is 12.4 Å². The molecule has 0 atom stereocenters. The molecular weight excluding hydrogens is 230 g/mol. The number of hydrogen-bond donors (Lipinski definition) is 1. The van der Waals surface area contributed by atoms with Gasteiger partial charge in [0.05, 0.1) is 0 Å². The molecule has 0 heterocycles. The van der Waals surface area contributed by atoms with Gasteiger partial charge in [-0.2, -0.15) is 0 Å². The fourth-order valence-electron chi connectivity index (χ4n) is 3.34. The Bertz CT molecular complexity index is 394. The molecule has 0 aromatic heterocycles. The van der Waals surface area contributed by atoms with Crippen molar-refractivity contribution in [3.8, 4) is 0 Å². The van der Waals surface area contributed by atoms with Crippen LogP contribution in [-0.4, -0.2) is 0 Å². The van der Waals surface area contributed by atoms with Crippen LogP contribution in [0.15, 0.2) is 18.2 Å². The number of fused-ring (bicyclic) bond motifs is 1. The monoisotopic (exact) mass is 251 g/mol. The fraction of sp³-hybridized carbons (Fsp3) is 0.600. The molecule has 2 heteroatoms. The summed E-state index contributed by atoms with van der Waals surface area (Å²) in [5, 5.41) is 0. The van der Waals surface area contributed by atoms with E-state index in [1.54, 1.807) is 11.1 Å². The van der Waals surface area contributed by atoms with Crippen LogP contribution in [0, 0.1) is 0 Å². The first-order valence-corrected chi connectivity index (χ1v) is 6.69. The maximum absolute atomic E-state index is 6.51. The van der Waals surface area contributed by atoms with Crippen LogP contribution in [-0.2, 0) is 18.4 Å². The van der Waals surface area contributed by atoms with Crippen molar-refractivity contribution in [1.29, 1.82) is 0 Å². The maximum Gasteiger partial charge on any atom is 0.0409 e. The number of benzene rings is 1. The Morgan fingerprint density at radius 2 is 1.53 bits per heavy atom. The highest BCUT2D eigenvalue weighted by molar-refractivity contribution is 5.85. The van der Waals surface area contributed by atoms with Crippen LogP contribution < -0.4 is 5.73 Å². The average molecular weight is 252 g/mol. The van der Waals surface area contributed by atoms with E-state index in [1.165, 1.54) is 56.9 Å². The summed E-state index contributed by atoms with van der Waals surface area (Å²) in [7, 11) is 0. The molecule has 1 aromatic carbocycles. The minimum absolute atomic E-state index is 0. The number of halogens is 1. The minimum atomic E-state index is -0.00746. The highest BCUT2D eigenvalue weighted by Gasteiger charge is 2.31. The highest BCUT2D eigenvalue weighted by Crippen LogP contribution is 2.37. The molecular formula is C15H22ClN. The second-order valence-electron chi connectivity index (χ2n) is 5.55. The van der Waals surface area contributed by atoms with Crippen molar-refractivity contribution in [3.63, 3.8) is 0 Å². The largest absolute Gasteiger partial charge is 0.321 e. The third-order valence-electron chi connectivity index (χ3n) is 4.42. The first-order valence-electron chi connectivity index (χ1n) is 6.69. The zero-order valence-corrected chi connectivity index (χ0v) is 11.2. The van der Waals surface area contributed by atoms with Crippen LogP contribution in [0.2, 0.25) is 0 Å². The van der Waals surface area contributed by atoms with E-state index in [-0.39, 0.29) is 17.9 Å². The van der Waals surface area contributed by atoms with E-state index in [1.807, 2.05) is 0 Å². The molecule has 0 bridgehead atoms. The maximum atomic E-state index is 6.51. The lowest BCUT2D eigenvalue weighted by molar-refractivity contribution is 0.460. The first-order chi connectivity index (χ1) is 7.78. The van der Waals surface area contributed by atoms with Crippen LogP contribution in [0.5, 0.6) is 0 Å². The van der Waals surface area contributed by atoms with E-state index in [9.17, 15) is 0 Å². The van der Waals surface area contributed by atoms with Gasteiger partial charge in [0.15, 0.2) is 0 Å². The molecule has 2 aliphatic rings. The molecule has 2 N–H and O–H groups in total. The van der Waals surface area contributed by atoms with Crippen molar-refractivity contribution in [2.24, 2.45) is 5.73 Å². The standard InChI is InChI=1S/C15H21N.ClH/c16-15(9-3-4-10-15)14-8-7-12-5-1-2-6-13(12)11-14;/h7-8,11H,1-6,9-10,16H2;1H. The van der Waals surface area contributed by atoms with Crippen LogP contribution in [0.3, 0.4) is 0 Å². The zero-order chi connectivity index (χ0) is 11.0. The van der Waals surface area contributed by atoms with Crippen molar-refractivity contribution < 1.29 is 0 Å². The molecule has 94 valence electrons. The van der Waals surface area contributed by atoms with Crippen LogP contribution in [0.4, 0.5) is 0 Å².